The minimum atomic E-state index is -0.0591. The molecule has 19 heavy (non-hydrogen) atoms. The number of nitrogens with one attached hydrogen (secondary N) is 1. The first kappa shape index (κ1) is 14.1. The summed E-state index contributed by atoms with van der Waals surface area (Å²) in [7, 11) is 0. The van der Waals surface area contributed by atoms with E-state index in [1.165, 1.54) is 11.1 Å². The molecule has 1 aromatic carbocycles. The van der Waals surface area contributed by atoms with Crippen molar-refractivity contribution in [1.29, 1.82) is 0 Å². The van der Waals surface area contributed by atoms with Crippen LogP contribution in [0.2, 0.25) is 0 Å². The van der Waals surface area contributed by atoms with E-state index < -0.39 is 0 Å². The van der Waals surface area contributed by atoms with Crippen molar-refractivity contribution >= 4 is 5.91 Å². The lowest BCUT2D eigenvalue weighted by atomic mass is 10.0. The van der Waals surface area contributed by atoms with E-state index in [9.17, 15) is 4.79 Å². The molecule has 2 rings (SSSR count). The molecule has 0 radical (unpaired) electrons. The standard InChI is InChI=1S/C16H24N2O/c1-5-10-18-15(13-9-7-6-8-12(13)4)17-14(11(2)3)16(18)19/h6-9,11,14-15,17H,5,10H2,1-4H3. The van der Waals surface area contributed by atoms with Crippen molar-refractivity contribution in [3.63, 3.8) is 0 Å². The summed E-state index contributed by atoms with van der Waals surface area (Å²) in [6, 6.07) is 8.25. The van der Waals surface area contributed by atoms with Crippen LogP contribution in [0.15, 0.2) is 24.3 Å². The number of hydrogen-bond donors (Lipinski definition) is 1. The highest BCUT2D eigenvalue weighted by Gasteiger charge is 2.40. The van der Waals surface area contributed by atoms with Crippen molar-refractivity contribution < 1.29 is 4.79 Å². The lowest BCUT2D eigenvalue weighted by molar-refractivity contribution is -0.130. The second kappa shape index (κ2) is 5.74. The Hall–Kier alpha value is -1.35. The van der Waals surface area contributed by atoms with Gasteiger partial charge in [0.2, 0.25) is 5.91 Å². The van der Waals surface area contributed by atoms with E-state index in [4.69, 9.17) is 0 Å². The van der Waals surface area contributed by atoms with Crippen LogP contribution < -0.4 is 5.32 Å². The van der Waals surface area contributed by atoms with Gasteiger partial charge in [0.25, 0.3) is 0 Å². The largest absolute Gasteiger partial charge is 0.322 e. The zero-order valence-corrected chi connectivity index (χ0v) is 12.3. The van der Waals surface area contributed by atoms with Gasteiger partial charge in [0, 0.05) is 6.54 Å². The molecule has 1 aliphatic rings. The molecule has 104 valence electrons. The zero-order chi connectivity index (χ0) is 14.0. The molecule has 0 aromatic heterocycles. The molecular formula is C16H24N2O. The van der Waals surface area contributed by atoms with Gasteiger partial charge in [-0.25, -0.2) is 0 Å². The Morgan fingerprint density at radius 3 is 2.58 bits per heavy atom. The maximum absolute atomic E-state index is 12.5. The SMILES string of the molecule is CCCN1C(=O)C(C(C)C)NC1c1ccccc1C. The molecule has 1 amide bonds. The molecule has 3 heteroatoms. The first-order valence-corrected chi connectivity index (χ1v) is 7.18. The third kappa shape index (κ3) is 2.66. The van der Waals surface area contributed by atoms with Gasteiger partial charge in [-0.1, -0.05) is 45.0 Å². The maximum Gasteiger partial charge on any atom is 0.241 e. The first-order chi connectivity index (χ1) is 9.06. The summed E-state index contributed by atoms with van der Waals surface area (Å²) < 4.78 is 0. The minimum absolute atomic E-state index is 0.0287. The van der Waals surface area contributed by atoms with Crippen LogP contribution in [-0.4, -0.2) is 23.4 Å². The van der Waals surface area contributed by atoms with Crippen LogP contribution in [0.3, 0.4) is 0 Å². The number of amides is 1. The van der Waals surface area contributed by atoms with Gasteiger partial charge >= 0.3 is 0 Å². The molecule has 0 bridgehead atoms. The topological polar surface area (TPSA) is 32.3 Å². The monoisotopic (exact) mass is 260 g/mol. The van der Waals surface area contributed by atoms with E-state index in [0.717, 1.165) is 13.0 Å². The molecule has 1 heterocycles. The van der Waals surface area contributed by atoms with Crippen molar-refractivity contribution in [2.24, 2.45) is 5.92 Å². The second-order valence-electron chi connectivity index (χ2n) is 5.68. The van der Waals surface area contributed by atoms with Crippen LogP contribution in [0.25, 0.3) is 0 Å². The van der Waals surface area contributed by atoms with Crippen LogP contribution >= 0.6 is 0 Å². The predicted molar refractivity (Wildman–Crippen MR) is 77.7 cm³/mol. The number of rotatable bonds is 4. The number of hydrogen-bond acceptors (Lipinski definition) is 2. The highest BCUT2D eigenvalue weighted by atomic mass is 16.2. The van der Waals surface area contributed by atoms with E-state index >= 15 is 0 Å². The summed E-state index contributed by atoms with van der Waals surface area (Å²) in [5.74, 6) is 0.561. The van der Waals surface area contributed by atoms with E-state index in [0.29, 0.717) is 5.92 Å². The summed E-state index contributed by atoms with van der Waals surface area (Å²) in [6.07, 6.45) is 1.02. The third-order valence-corrected chi connectivity index (χ3v) is 3.81. The Kier molecular flexibility index (Phi) is 4.25. The molecular weight excluding hydrogens is 236 g/mol. The minimum Gasteiger partial charge on any atom is -0.322 e. The number of benzene rings is 1. The summed E-state index contributed by atoms with van der Waals surface area (Å²) >= 11 is 0. The quantitative estimate of drug-likeness (QED) is 0.903. The molecule has 0 aliphatic carbocycles. The summed E-state index contributed by atoms with van der Waals surface area (Å²) in [6.45, 7) is 9.23. The Balaban J connectivity index is 2.33. The fraction of sp³-hybridized carbons (Fsp3) is 0.562. The average Bonchev–Trinajstić information content (AvgIpc) is 2.69. The van der Waals surface area contributed by atoms with Gasteiger partial charge in [0.05, 0.1) is 6.04 Å². The van der Waals surface area contributed by atoms with E-state index in [1.54, 1.807) is 0 Å². The Labute approximate surface area is 116 Å². The van der Waals surface area contributed by atoms with E-state index in [-0.39, 0.29) is 18.1 Å². The van der Waals surface area contributed by atoms with Gasteiger partial charge in [-0.2, -0.15) is 0 Å². The Morgan fingerprint density at radius 1 is 1.32 bits per heavy atom. The highest BCUT2D eigenvalue weighted by Crippen LogP contribution is 2.29. The van der Waals surface area contributed by atoms with Crippen molar-refractivity contribution in [3.8, 4) is 0 Å². The molecule has 1 fully saturated rings. The summed E-state index contributed by atoms with van der Waals surface area (Å²) in [5, 5.41) is 3.51. The van der Waals surface area contributed by atoms with E-state index in [2.05, 4.69) is 45.1 Å². The van der Waals surface area contributed by atoms with Crippen LogP contribution in [0.5, 0.6) is 0 Å². The molecule has 3 nitrogen and oxygen atoms in total. The molecule has 2 atom stereocenters. The highest BCUT2D eigenvalue weighted by molar-refractivity contribution is 5.85. The van der Waals surface area contributed by atoms with Gasteiger partial charge in [0.15, 0.2) is 0 Å². The number of nitrogens with zero attached hydrogens (tertiary/aromatic N) is 1. The van der Waals surface area contributed by atoms with Gasteiger partial charge < -0.3 is 4.90 Å². The van der Waals surface area contributed by atoms with Gasteiger partial charge in [-0.05, 0) is 30.4 Å². The molecule has 1 N–H and O–H groups in total. The molecule has 1 aromatic rings. The smallest absolute Gasteiger partial charge is 0.241 e. The lowest BCUT2D eigenvalue weighted by Crippen LogP contribution is -2.34. The van der Waals surface area contributed by atoms with Crippen molar-refractivity contribution in [1.82, 2.24) is 10.2 Å². The second-order valence-corrected chi connectivity index (χ2v) is 5.68. The summed E-state index contributed by atoms with van der Waals surface area (Å²) in [4.78, 5) is 14.5. The molecule has 0 saturated carbocycles. The molecule has 1 aliphatic heterocycles. The third-order valence-electron chi connectivity index (χ3n) is 3.81. The maximum atomic E-state index is 12.5. The van der Waals surface area contributed by atoms with E-state index in [1.807, 2.05) is 17.0 Å². The normalized spacial score (nSPS) is 23.4. The Morgan fingerprint density at radius 2 is 2.00 bits per heavy atom. The number of carbonyl (C=O) groups is 1. The van der Waals surface area contributed by atoms with Gasteiger partial charge in [-0.15, -0.1) is 0 Å². The van der Waals surface area contributed by atoms with Crippen LogP contribution in [0.4, 0.5) is 0 Å². The fourth-order valence-corrected chi connectivity index (χ4v) is 2.75. The zero-order valence-electron chi connectivity index (χ0n) is 12.3. The van der Waals surface area contributed by atoms with Crippen molar-refractivity contribution in [3.05, 3.63) is 35.4 Å². The van der Waals surface area contributed by atoms with Crippen molar-refractivity contribution in [2.75, 3.05) is 6.54 Å². The lowest BCUT2D eigenvalue weighted by Gasteiger charge is -2.25. The number of carbonyl (C=O) groups excluding carboxylic acids is 1. The fourth-order valence-electron chi connectivity index (χ4n) is 2.75. The van der Waals surface area contributed by atoms with Crippen LogP contribution in [0.1, 0.15) is 44.5 Å². The van der Waals surface area contributed by atoms with Crippen LogP contribution in [0, 0.1) is 12.8 Å². The van der Waals surface area contributed by atoms with Gasteiger partial charge in [0.1, 0.15) is 6.17 Å². The predicted octanol–water partition coefficient (Wildman–Crippen LogP) is 2.86. The van der Waals surface area contributed by atoms with Crippen LogP contribution in [-0.2, 0) is 4.79 Å². The molecule has 1 saturated heterocycles. The van der Waals surface area contributed by atoms with Crippen molar-refractivity contribution in [2.45, 2.75) is 46.3 Å². The Bertz CT molecular complexity index is 456. The molecule has 0 spiro atoms. The number of aryl methyl sites for hydroxylation is 1. The summed E-state index contributed by atoms with van der Waals surface area (Å²) in [5.41, 5.74) is 2.45. The van der Waals surface area contributed by atoms with Gasteiger partial charge in [-0.3, -0.25) is 10.1 Å². The first-order valence-electron chi connectivity index (χ1n) is 7.18. The average molecular weight is 260 g/mol. The molecule has 2 unspecified atom stereocenters.